The number of aromatic nitrogens is 12. The minimum Gasteiger partial charge on any atom is -0.496 e. The van der Waals surface area contributed by atoms with Crippen molar-refractivity contribution in [3.8, 4) is 39.8 Å². The number of pyridine rings is 2. The van der Waals surface area contributed by atoms with Gasteiger partial charge in [0, 0.05) is 131 Å². The Morgan fingerprint density at radius 2 is 1.04 bits per heavy atom. The van der Waals surface area contributed by atoms with Crippen molar-refractivity contribution in [3.05, 3.63) is 127 Å². The van der Waals surface area contributed by atoms with Gasteiger partial charge in [0.05, 0.1) is 126 Å². The van der Waals surface area contributed by atoms with Crippen molar-refractivity contribution in [1.29, 1.82) is 0 Å². The lowest BCUT2D eigenvalue weighted by Gasteiger charge is -2.36. The van der Waals surface area contributed by atoms with Crippen molar-refractivity contribution in [3.63, 3.8) is 0 Å². The molecule has 0 aliphatic carbocycles. The molecule has 6 fully saturated rings. The number of benzene rings is 3. The molecule has 6 saturated heterocycles. The smallest absolute Gasteiger partial charge is 0.411 e. The number of piperidine rings is 2. The number of amides is 3. The van der Waals surface area contributed by atoms with Crippen LogP contribution in [0.25, 0.3) is 67.1 Å². The van der Waals surface area contributed by atoms with Gasteiger partial charge in [0.1, 0.15) is 28.8 Å². The Morgan fingerprint density at radius 1 is 0.545 bits per heavy atom. The van der Waals surface area contributed by atoms with E-state index < -0.39 is 17.8 Å². The molecule has 3 N–H and O–H groups in total. The molecule has 0 bridgehead atoms. The molecule has 6 aliphatic heterocycles. The van der Waals surface area contributed by atoms with Crippen LogP contribution in [0.1, 0.15) is 83.5 Å². The van der Waals surface area contributed by atoms with Crippen LogP contribution in [-0.4, -0.2) is 250 Å². The Kier molecular flexibility index (Phi) is 24.7. The van der Waals surface area contributed by atoms with Crippen molar-refractivity contribution in [2.75, 3.05) is 170 Å². The summed E-state index contributed by atoms with van der Waals surface area (Å²) in [5.41, 5.74) is 8.30. The molecule has 3 amide bonds. The predicted octanol–water partition coefficient (Wildman–Crippen LogP) is 10.5. The van der Waals surface area contributed by atoms with Crippen LogP contribution in [-0.2, 0) is 46.3 Å². The van der Waals surface area contributed by atoms with Gasteiger partial charge in [-0.15, -0.1) is 0 Å². The Labute approximate surface area is 649 Å². The van der Waals surface area contributed by atoms with E-state index in [0.29, 0.717) is 93.1 Å². The number of nitrogens with zero attached hydrogens (tertiary/aromatic N) is 18. The lowest BCUT2D eigenvalue weighted by molar-refractivity contribution is -0.00571. The first-order valence-electron chi connectivity index (χ1n) is 38.3. The molecule has 32 heteroatoms. The maximum Gasteiger partial charge on any atom is 0.411 e. The van der Waals surface area contributed by atoms with Crippen LogP contribution in [0.3, 0.4) is 0 Å². The Morgan fingerprint density at radius 3 is 1.52 bits per heavy atom. The van der Waals surface area contributed by atoms with E-state index in [1.807, 2.05) is 123 Å². The summed E-state index contributed by atoms with van der Waals surface area (Å²) >= 11 is 0. The first-order chi connectivity index (χ1) is 54.4. The van der Waals surface area contributed by atoms with Crippen molar-refractivity contribution in [2.45, 2.75) is 103 Å². The number of aliphatic hydroxyl groups excluding tert-OH is 1. The highest BCUT2D eigenvalue weighted by Crippen LogP contribution is 2.37. The molecule has 10 aromatic rings. The third-order valence-corrected chi connectivity index (χ3v) is 20.4. The summed E-state index contributed by atoms with van der Waals surface area (Å²) in [6.07, 6.45) is 9.88. The van der Waals surface area contributed by atoms with Gasteiger partial charge in [0.25, 0.3) is 0 Å². The van der Waals surface area contributed by atoms with Crippen molar-refractivity contribution in [1.82, 2.24) is 69.2 Å². The number of rotatable bonds is 15. The first kappa shape index (κ1) is 77.7. The van der Waals surface area contributed by atoms with E-state index in [9.17, 15) is 19.5 Å². The summed E-state index contributed by atoms with van der Waals surface area (Å²) in [5, 5.41) is 27.4. The highest BCUT2D eigenvalue weighted by atomic mass is 16.6. The molecule has 0 saturated carbocycles. The molecule has 0 unspecified atom stereocenters. The third-order valence-electron chi connectivity index (χ3n) is 20.4. The van der Waals surface area contributed by atoms with Crippen LogP contribution >= 0.6 is 0 Å². The zero-order valence-electron chi connectivity index (χ0n) is 64.7. The minimum atomic E-state index is -0.531. The number of hydrogen-bond acceptors (Lipinski definition) is 27. The Bertz CT molecular complexity index is 4850. The van der Waals surface area contributed by atoms with Gasteiger partial charge in [-0.3, -0.25) is 20.5 Å². The highest BCUT2D eigenvalue weighted by molar-refractivity contribution is 5.92. The van der Waals surface area contributed by atoms with Crippen LogP contribution in [0, 0.1) is 0 Å². The molecule has 16 rings (SSSR count). The topological polar surface area (TPSA) is 328 Å². The molecule has 32 nitrogen and oxygen atoms in total. The summed E-state index contributed by atoms with van der Waals surface area (Å²) in [6.45, 7) is 23.7. The number of carbonyl (C=O) groups is 3. The van der Waals surface area contributed by atoms with Gasteiger partial charge in [-0.2, -0.15) is 20.2 Å². The SMILES string of the molecule is COC(=O)Nc1ccc(-c2nc(N3CCOCC3)c3cnn(C4CCN(C(=O)OC(C)(C)C)CC4)c3n2)cc1.COC(=O)Nc1ccc(-c2nc(N3CCOCC3)c3cnn(C4CCN(Cc5cccnc5)CC4)c3n2)cc1.COc1ccc(-c2ccc3c(N4CCOCC4)nc(N4C[C@@H](C)O[C@@H](C)C4)nc3n2)cc1CO. The number of methoxy groups -OCH3 is 3. The van der Waals surface area contributed by atoms with Gasteiger partial charge in [-0.05, 0) is 151 Å². The number of ether oxygens (including phenoxy) is 8. The van der Waals surface area contributed by atoms with Gasteiger partial charge in [0.2, 0.25) is 5.95 Å². The molecule has 13 heterocycles. The standard InChI is InChI=1S/C28H32N8O3.C27H35N7O5.C25H31N5O4/c1-38-28(37)31-22-6-4-21(5-7-22)25-32-26(35-13-15-39-16-14-35)24-18-30-36(27(24)33-25)23-8-11-34(12-9-23)19-20-3-2-10-29-17-20;1-27(2,3)39-26(36)33-11-9-20(10-12-33)34-24-21(17-28-34)23(32-13-15-38-16-14-32)30-22(31-24)18-5-7-19(8-6-18)29-25(35)37-4;1-16-13-30(14-17(2)34-16)25-27-23-20(24(28-25)29-8-10-33-11-9-29)5-6-21(26-23)18-4-7-22(32-3)19(12-18)15-31/h2-7,10,17-18,23H,8-9,11-16,19H2,1H3,(H,31,37);5-8,17,20H,9-16H2,1-4H3,(H,29,35);4-7,12,16-17,31H,8-11,13-15H2,1-3H3/t;;16-,17+. The van der Waals surface area contributed by atoms with Crippen LogP contribution < -0.4 is 35.0 Å². The number of fused-ring (bicyclic) bond motifs is 3. The normalized spacial score (nSPS) is 18.2. The fourth-order valence-corrected chi connectivity index (χ4v) is 14.8. The monoisotopic (exact) mass is 1530 g/mol. The van der Waals surface area contributed by atoms with E-state index in [4.69, 9.17) is 78.2 Å². The second-order valence-corrected chi connectivity index (χ2v) is 29.4. The average Bonchev–Trinajstić information content (AvgIpc) is 1.40. The van der Waals surface area contributed by atoms with Gasteiger partial charge in [-0.1, -0.05) is 6.07 Å². The van der Waals surface area contributed by atoms with Crippen molar-refractivity contribution >= 4 is 86.2 Å². The second kappa shape index (κ2) is 35.5. The molecule has 0 spiro atoms. The van der Waals surface area contributed by atoms with Crippen LogP contribution in [0.15, 0.2) is 116 Å². The Balaban J connectivity index is 0.000000140. The molecule has 0 radical (unpaired) electrons. The average molecular weight is 1530 g/mol. The first-order valence-corrected chi connectivity index (χ1v) is 38.3. The van der Waals surface area contributed by atoms with Crippen molar-refractivity contribution in [2.24, 2.45) is 0 Å². The van der Waals surface area contributed by atoms with Gasteiger partial charge >= 0.3 is 18.3 Å². The van der Waals surface area contributed by atoms with E-state index in [1.165, 1.54) is 19.8 Å². The molecular weight excluding hydrogens is 1430 g/mol. The molecule has 590 valence electrons. The lowest BCUT2D eigenvalue weighted by Crippen LogP contribution is -2.46. The fourth-order valence-electron chi connectivity index (χ4n) is 14.8. The lowest BCUT2D eigenvalue weighted by atomic mass is 10.0. The fraction of sp³-hybridized carbons (Fsp3) is 0.463. The number of aliphatic hydroxyl groups is 1. The molecule has 2 atom stereocenters. The second-order valence-electron chi connectivity index (χ2n) is 29.4. The molecule has 112 heavy (non-hydrogen) atoms. The number of morpholine rings is 4. The van der Waals surface area contributed by atoms with Gasteiger partial charge < -0.3 is 67.5 Å². The zero-order valence-corrected chi connectivity index (χ0v) is 64.7. The van der Waals surface area contributed by atoms with Gasteiger partial charge in [-0.25, -0.2) is 48.7 Å². The highest BCUT2D eigenvalue weighted by Gasteiger charge is 2.33. The van der Waals surface area contributed by atoms with Crippen LogP contribution in [0.5, 0.6) is 5.75 Å². The molecule has 6 aliphatic rings. The molecule has 3 aromatic carbocycles. The van der Waals surface area contributed by atoms with Crippen molar-refractivity contribution < 1.29 is 57.4 Å². The van der Waals surface area contributed by atoms with E-state index in [-0.39, 0.29) is 37.0 Å². The van der Waals surface area contributed by atoms with E-state index in [1.54, 1.807) is 24.1 Å². The summed E-state index contributed by atoms with van der Waals surface area (Å²) in [4.78, 5) is 87.9. The number of carbonyl (C=O) groups excluding carboxylic acids is 3. The number of anilines is 6. The summed E-state index contributed by atoms with van der Waals surface area (Å²) < 4.78 is 47.0. The maximum absolute atomic E-state index is 12.6. The minimum absolute atomic E-state index is 0.0908. The Hall–Kier alpha value is -11.0. The predicted molar refractivity (Wildman–Crippen MR) is 424 cm³/mol. The quantitative estimate of drug-likeness (QED) is 0.0803. The summed E-state index contributed by atoms with van der Waals surface area (Å²) in [5.74, 6) is 5.13. The summed E-state index contributed by atoms with van der Waals surface area (Å²) in [7, 11) is 4.26. The number of nitrogens with one attached hydrogen (secondary N) is 2. The van der Waals surface area contributed by atoms with Crippen LogP contribution in [0.4, 0.5) is 49.2 Å². The largest absolute Gasteiger partial charge is 0.496 e. The third kappa shape index (κ3) is 18.6. The summed E-state index contributed by atoms with van der Waals surface area (Å²) in [6, 6.07) is 29.0. The van der Waals surface area contributed by atoms with Gasteiger partial charge in [0.15, 0.2) is 28.6 Å². The maximum atomic E-state index is 12.6. The van der Waals surface area contributed by atoms with Crippen LogP contribution in [0.2, 0.25) is 0 Å². The number of likely N-dealkylation sites (tertiary alicyclic amines) is 2. The van der Waals surface area contributed by atoms with E-state index in [0.717, 1.165) is 171 Å². The molecule has 7 aromatic heterocycles. The van der Waals surface area contributed by atoms with E-state index in [2.05, 4.69) is 69.4 Å². The zero-order chi connectivity index (χ0) is 77.8. The molecular formula is C80H98N20O12. The van der Waals surface area contributed by atoms with E-state index >= 15 is 0 Å². The number of hydrogen-bond donors (Lipinski definition) is 3.